The van der Waals surface area contributed by atoms with Crippen molar-refractivity contribution < 1.29 is 4.79 Å². The van der Waals surface area contributed by atoms with Crippen LogP contribution < -0.4 is 17.0 Å². The highest BCUT2D eigenvalue weighted by molar-refractivity contribution is 6.06. The number of hydrazine groups is 1. The fourth-order valence-corrected chi connectivity index (χ4v) is 1.39. The van der Waals surface area contributed by atoms with Gasteiger partial charge in [-0.25, -0.2) is 5.84 Å². The lowest BCUT2D eigenvalue weighted by atomic mass is 10.1. The third-order valence-electron chi connectivity index (χ3n) is 2.06. The molecular formula is C9H9N5O. The summed E-state index contributed by atoms with van der Waals surface area (Å²) in [6.07, 6.45) is 0. The number of nitrogens with two attached hydrogens (primary N) is 2. The summed E-state index contributed by atoms with van der Waals surface area (Å²) in [5.74, 6) is 5.08. The SMILES string of the molecule is NNc1nnc(C(N)=O)c2ccccc12. The molecule has 5 N–H and O–H groups in total. The number of primary amides is 1. The predicted octanol–water partition coefficient (Wildman–Crippen LogP) is 0.0143. The summed E-state index contributed by atoms with van der Waals surface area (Å²) in [6, 6.07) is 7.13. The van der Waals surface area contributed by atoms with Gasteiger partial charge in [0.05, 0.1) is 0 Å². The van der Waals surface area contributed by atoms with Crippen molar-refractivity contribution >= 4 is 22.5 Å². The number of carbonyl (C=O) groups excluding carboxylic acids is 1. The summed E-state index contributed by atoms with van der Waals surface area (Å²) in [6.45, 7) is 0. The van der Waals surface area contributed by atoms with Crippen LogP contribution in [-0.4, -0.2) is 16.1 Å². The Hall–Kier alpha value is -2.21. The standard InChI is InChI=1S/C9H9N5O/c10-8(15)7-5-3-1-2-4-6(5)9(12-11)14-13-7/h1-4H,11H2,(H2,10,15)(H,12,14). The Morgan fingerprint density at radius 1 is 1.20 bits per heavy atom. The molecule has 6 heteroatoms. The number of nitrogen functional groups attached to an aromatic ring is 1. The molecule has 0 saturated heterocycles. The summed E-state index contributed by atoms with van der Waals surface area (Å²) in [7, 11) is 0. The molecule has 0 unspecified atom stereocenters. The highest BCUT2D eigenvalue weighted by Gasteiger charge is 2.11. The Morgan fingerprint density at radius 2 is 1.87 bits per heavy atom. The van der Waals surface area contributed by atoms with Crippen LogP contribution in [0.15, 0.2) is 24.3 Å². The van der Waals surface area contributed by atoms with E-state index in [-0.39, 0.29) is 5.69 Å². The van der Waals surface area contributed by atoms with Crippen LogP contribution in [-0.2, 0) is 0 Å². The zero-order chi connectivity index (χ0) is 10.8. The topological polar surface area (TPSA) is 107 Å². The molecule has 0 spiro atoms. The average Bonchev–Trinajstić information content (AvgIpc) is 2.27. The quantitative estimate of drug-likeness (QED) is 0.471. The van der Waals surface area contributed by atoms with Gasteiger partial charge in [0.25, 0.3) is 5.91 Å². The molecule has 0 aliphatic carbocycles. The molecule has 1 aromatic carbocycles. The van der Waals surface area contributed by atoms with Crippen molar-refractivity contribution in [3.63, 3.8) is 0 Å². The molecule has 1 aromatic heterocycles. The van der Waals surface area contributed by atoms with Crippen LogP contribution >= 0.6 is 0 Å². The maximum atomic E-state index is 11.1. The molecule has 1 heterocycles. The zero-order valence-corrected chi connectivity index (χ0v) is 7.77. The van der Waals surface area contributed by atoms with Crippen LogP contribution in [0.2, 0.25) is 0 Å². The Bertz CT molecular complexity index is 525. The minimum Gasteiger partial charge on any atom is -0.364 e. The lowest BCUT2D eigenvalue weighted by Crippen LogP contribution is -2.17. The highest BCUT2D eigenvalue weighted by atomic mass is 16.1. The van der Waals surface area contributed by atoms with Crippen molar-refractivity contribution in [1.82, 2.24) is 10.2 Å². The van der Waals surface area contributed by atoms with Gasteiger partial charge in [-0.2, -0.15) is 0 Å². The third kappa shape index (κ3) is 1.46. The maximum absolute atomic E-state index is 11.1. The van der Waals surface area contributed by atoms with Crippen molar-refractivity contribution in [2.75, 3.05) is 5.43 Å². The van der Waals surface area contributed by atoms with Gasteiger partial charge in [-0.15, -0.1) is 10.2 Å². The number of benzene rings is 1. The second-order valence-corrected chi connectivity index (χ2v) is 2.95. The number of hydrogen-bond donors (Lipinski definition) is 3. The van der Waals surface area contributed by atoms with Crippen molar-refractivity contribution in [2.24, 2.45) is 11.6 Å². The fourth-order valence-electron chi connectivity index (χ4n) is 1.39. The van der Waals surface area contributed by atoms with Gasteiger partial charge < -0.3 is 11.2 Å². The molecule has 76 valence electrons. The molecule has 2 aromatic rings. The summed E-state index contributed by atoms with van der Waals surface area (Å²) in [5.41, 5.74) is 7.73. The summed E-state index contributed by atoms with van der Waals surface area (Å²) in [5, 5.41) is 8.81. The lowest BCUT2D eigenvalue weighted by Gasteiger charge is -2.05. The third-order valence-corrected chi connectivity index (χ3v) is 2.06. The molecule has 15 heavy (non-hydrogen) atoms. The summed E-state index contributed by atoms with van der Waals surface area (Å²) in [4.78, 5) is 11.1. The molecule has 0 fully saturated rings. The number of nitrogens with zero attached hydrogens (tertiary/aromatic N) is 2. The first-order valence-electron chi connectivity index (χ1n) is 4.26. The molecule has 0 atom stereocenters. The highest BCUT2D eigenvalue weighted by Crippen LogP contribution is 2.21. The van der Waals surface area contributed by atoms with Gasteiger partial charge in [-0.1, -0.05) is 24.3 Å². The van der Waals surface area contributed by atoms with Gasteiger partial charge >= 0.3 is 0 Å². The number of rotatable bonds is 2. The monoisotopic (exact) mass is 203 g/mol. The van der Waals surface area contributed by atoms with Gasteiger partial charge in [0.1, 0.15) is 0 Å². The largest absolute Gasteiger partial charge is 0.364 e. The molecule has 2 rings (SSSR count). The van der Waals surface area contributed by atoms with E-state index in [2.05, 4.69) is 15.6 Å². The van der Waals surface area contributed by atoms with Crippen LogP contribution in [0.25, 0.3) is 10.8 Å². The number of amides is 1. The van der Waals surface area contributed by atoms with E-state index in [1.54, 1.807) is 18.2 Å². The molecule has 0 aliphatic rings. The van der Waals surface area contributed by atoms with Crippen molar-refractivity contribution in [3.8, 4) is 0 Å². The molecule has 0 aliphatic heterocycles. The first kappa shape index (κ1) is 9.35. The van der Waals surface area contributed by atoms with E-state index < -0.39 is 5.91 Å². The number of nitrogens with one attached hydrogen (secondary N) is 1. The Kier molecular flexibility index (Phi) is 2.18. The minimum absolute atomic E-state index is 0.143. The van der Waals surface area contributed by atoms with Crippen molar-refractivity contribution in [2.45, 2.75) is 0 Å². The van der Waals surface area contributed by atoms with Crippen LogP contribution in [0.4, 0.5) is 5.82 Å². The minimum atomic E-state index is -0.609. The fraction of sp³-hybridized carbons (Fsp3) is 0. The first-order valence-corrected chi connectivity index (χ1v) is 4.26. The molecule has 0 saturated carbocycles. The number of anilines is 1. The van der Waals surface area contributed by atoms with E-state index in [0.717, 1.165) is 0 Å². The van der Waals surface area contributed by atoms with E-state index in [1.165, 1.54) is 0 Å². The normalized spacial score (nSPS) is 10.2. The smallest absolute Gasteiger partial charge is 0.269 e. The van der Waals surface area contributed by atoms with E-state index in [4.69, 9.17) is 11.6 Å². The van der Waals surface area contributed by atoms with E-state index in [0.29, 0.717) is 16.6 Å². The lowest BCUT2D eigenvalue weighted by molar-refractivity contribution is 0.0996. The Labute approximate surface area is 85.2 Å². The van der Waals surface area contributed by atoms with Crippen LogP contribution in [0.3, 0.4) is 0 Å². The van der Waals surface area contributed by atoms with Crippen LogP contribution in [0.1, 0.15) is 10.5 Å². The van der Waals surface area contributed by atoms with Crippen LogP contribution in [0, 0.1) is 0 Å². The number of hydrogen-bond acceptors (Lipinski definition) is 5. The van der Waals surface area contributed by atoms with Gasteiger partial charge in [0.15, 0.2) is 11.5 Å². The van der Waals surface area contributed by atoms with E-state index in [9.17, 15) is 4.79 Å². The second-order valence-electron chi connectivity index (χ2n) is 2.95. The number of carbonyl (C=O) groups is 1. The van der Waals surface area contributed by atoms with Gasteiger partial charge in [0, 0.05) is 10.8 Å². The average molecular weight is 203 g/mol. The molecular weight excluding hydrogens is 194 g/mol. The van der Waals surface area contributed by atoms with Gasteiger partial charge in [0.2, 0.25) is 0 Å². The van der Waals surface area contributed by atoms with Crippen LogP contribution in [0.5, 0.6) is 0 Å². The van der Waals surface area contributed by atoms with E-state index in [1.807, 2.05) is 6.07 Å². The van der Waals surface area contributed by atoms with Crippen molar-refractivity contribution in [1.29, 1.82) is 0 Å². The van der Waals surface area contributed by atoms with Crippen molar-refractivity contribution in [3.05, 3.63) is 30.0 Å². The second kappa shape index (κ2) is 3.50. The molecule has 6 nitrogen and oxygen atoms in total. The Morgan fingerprint density at radius 3 is 2.47 bits per heavy atom. The number of fused-ring (bicyclic) bond motifs is 1. The Balaban J connectivity index is 2.83. The molecule has 0 bridgehead atoms. The van der Waals surface area contributed by atoms with E-state index >= 15 is 0 Å². The first-order chi connectivity index (χ1) is 7.24. The van der Waals surface area contributed by atoms with Gasteiger partial charge in [-0.3, -0.25) is 4.79 Å². The summed E-state index contributed by atoms with van der Waals surface area (Å²) < 4.78 is 0. The maximum Gasteiger partial charge on any atom is 0.269 e. The molecule has 0 radical (unpaired) electrons. The predicted molar refractivity (Wildman–Crippen MR) is 55.9 cm³/mol. The van der Waals surface area contributed by atoms with Gasteiger partial charge in [-0.05, 0) is 0 Å². The number of aromatic nitrogens is 2. The summed E-state index contributed by atoms with van der Waals surface area (Å²) >= 11 is 0. The zero-order valence-electron chi connectivity index (χ0n) is 7.77. The molecule has 1 amide bonds.